The number of carbonyl (C=O) groups excluding carboxylic acids is 2. The molecule has 6 rings (SSSR count). The predicted octanol–water partition coefficient (Wildman–Crippen LogP) is 5.83. The minimum atomic E-state index is -1.01. The fourth-order valence-electron chi connectivity index (χ4n) is 5.69. The molecule has 1 aliphatic rings. The van der Waals surface area contributed by atoms with Crippen molar-refractivity contribution in [2.45, 2.75) is 32.8 Å². The van der Waals surface area contributed by atoms with Crippen molar-refractivity contribution in [3.8, 4) is 11.1 Å². The van der Waals surface area contributed by atoms with Crippen LogP contribution in [0.3, 0.4) is 0 Å². The first-order valence-corrected chi connectivity index (χ1v) is 12.8. The van der Waals surface area contributed by atoms with Crippen LogP contribution < -0.4 is 10.6 Å². The van der Waals surface area contributed by atoms with Crippen LogP contribution in [0.5, 0.6) is 0 Å². The zero-order chi connectivity index (χ0) is 26.8. The van der Waals surface area contributed by atoms with Crippen LogP contribution in [0.25, 0.3) is 32.9 Å². The molecule has 0 radical (unpaired) electrons. The summed E-state index contributed by atoms with van der Waals surface area (Å²) < 4.78 is 0. The van der Waals surface area contributed by atoms with Crippen molar-refractivity contribution in [1.29, 1.82) is 0 Å². The molecule has 6 nitrogen and oxygen atoms in total. The molecule has 0 saturated heterocycles. The maximum atomic E-state index is 13.4. The Morgan fingerprint density at radius 3 is 2.50 bits per heavy atom. The molecule has 0 fully saturated rings. The van der Waals surface area contributed by atoms with Crippen molar-refractivity contribution in [3.05, 3.63) is 101 Å². The second-order valence-corrected chi connectivity index (χ2v) is 10.5. The lowest BCUT2D eigenvalue weighted by Gasteiger charge is -2.30. The topological polar surface area (TPSA) is 99.4 Å². The molecule has 38 heavy (non-hydrogen) atoms. The van der Waals surface area contributed by atoms with Crippen molar-refractivity contribution >= 4 is 39.3 Å². The lowest BCUT2D eigenvalue weighted by molar-refractivity contribution is 0.0787. The van der Waals surface area contributed by atoms with Crippen molar-refractivity contribution in [3.63, 3.8) is 0 Å². The van der Waals surface area contributed by atoms with E-state index in [1.54, 1.807) is 19.9 Å². The Kier molecular flexibility index (Phi) is 5.40. The van der Waals surface area contributed by atoms with E-state index >= 15 is 0 Å². The molecular formula is C32H29N3O3. The molecule has 0 unspecified atom stereocenters. The number of H-pyrrole nitrogens is 1. The summed E-state index contributed by atoms with van der Waals surface area (Å²) in [4.78, 5) is 31.0. The Bertz CT molecular complexity index is 1770. The van der Waals surface area contributed by atoms with Crippen molar-refractivity contribution in [2.75, 3.05) is 11.4 Å². The molecule has 2 amide bonds. The quantitative estimate of drug-likeness (QED) is 0.288. The minimum Gasteiger partial charge on any atom is -0.386 e. The zero-order valence-electron chi connectivity index (χ0n) is 21.6. The van der Waals surface area contributed by atoms with E-state index in [0.29, 0.717) is 17.6 Å². The lowest BCUT2D eigenvalue weighted by atomic mass is 9.91. The molecule has 0 spiro atoms. The van der Waals surface area contributed by atoms with Crippen molar-refractivity contribution in [2.24, 2.45) is 5.73 Å². The van der Waals surface area contributed by atoms with Crippen LogP contribution in [0.4, 0.5) is 5.69 Å². The number of aromatic amines is 1. The summed E-state index contributed by atoms with van der Waals surface area (Å²) in [6, 6.07) is 23.3. The molecule has 4 aromatic carbocycles. The fourth-order valence-corrected chi connectivity index (χ4v) is 5.69. The molecule has 2 heterocycles. The minimum absolute atomic E-state index is 0.00700. The van der Waals surface area contributed by atoms with E-state index in [1.807, 2.05) is 78.6 Å². The van der Waals surface area contributed by atoms with Gasteiger partial charge in [-0.15, -0.1) is 0 Å². The molecule has 5 aromatic rings. The van der Waals surface area contributed by atoms with E-state index in [9.17, 15) is 14.7 Å². The third-order valence-corrected chi connectivity index (χ3v) is 7.71. The zero-order valence-corrected chi connectivity index (χ0v) is 21.6. The molecule has 190 valence electrons. The van der Waals surface area contributed by atoms with E-state index in [0.717, 1.165) is 61.8 Å². The smallest absolute Gasteiger partial charge is 0.258 e. The van der Waals surface area contributed by atoms with Gasteiger partial charge in [-0.1, -0.05) is 48.5 Å². The van der Waals surface area contributed by atoms with Crippen molar-refractivity contribution in [1.82, 2.24) is 4.98 Å². The van der Waals surface area contributed by atoms with E-state index in [-0.39, 0.29) is 5.91 Å². The van der Waals surface area contributed by atoms with Gasteiger partial charge < -0.3 is 20.7 Å². The highest BCUT2D eigenvalue weighted by molar-refractivity contribution is 6.20. The van der Waals surface area contributed by atoms with Gasteiger partial charge >= 0.3 is 0 Å². The first-order valence-electron chi connectivity index (χ1n) is 12.8. The standard InChI is InChI=1S/C32H29N3O3/c1-18-21(9-6-10-27(18)35-16-15-19-7-4-5-8-22(19)31(35)37)23-13-14-25(30(33)36)29-28(23)24-12-11-20(32(2,3)38)17-26(24)34-29/h4-14,17,34,38H,15-16H2,1-3H3,(H2,33,36). The third-order valence-electron chi connectivity index (χ3n) is 7.71. The van der Waals surface area contributed by atoms with Gasteiger partial charge in [0, 0.05) is 34.1 Å². The number of benzene rings is 4. The summed E-state index contributed by atoms with van der Waals surface area (Å²) >= 11 is 0. The third kappa shape index (κ3) is 3.68. The summed E-state index contributed by atoms with van der Waals surface area (Å²) in [5.74, 6) is -0.508. The average Bonchev–Trinajstić information content (AvgIpc) is 3.27. The summed E-state index contributed by atoms with van der Waals surface area (Å²) in [7, 11) is 0. The summed E-state index contributed by atoms with van der Waals surface area (Å²) in [5.41, 5.74) is 13.0. The van der Waals surface area contributed by atoms with Crippen LogP contribution in [0.1, 0.15) is 51.3 Å². The number of aliphatic hydroxyl groups is 1. The Hall–Kier alpha value is -4.42. The monoisotopic (exact) mass is 503 g/mol. The molecule has 1 aliphatic heterocycles. The molecule has 0 aliphatic carbocycles. The number of aromatic nitrogens is 1. The molecule has 0 bridgehead atoms. The molecule has 0 atom stereocenters. The maximum Gasteiger partial charge on any atom is 0.258 e. The second kappa shape index (κ2) is 8.57. The number of amides is 2. The number of rotatable bonds is 4. The first kappa shape index (κ1) is 23.9. The van der Waals surface area contributed by atoms with Crippen LogP contribution in [-0.4, -0.2) is 28.4 Å². The number of nitrogens with two attached hydrogens (primary N) is 1. The van der Waals surface area contributed by atoms with E-state index < -0.39 is 11.5 Å². The maximum absolute atomic E-state index is 13.4. The van der Waals surface area contributed by atoms with Gasteiger partial charge in [-0.2, -0.15) is 0 Å². The summed E-state index contributed by atoms with van der Waals surface area (Å²) in [6.45, 7) is 6.13. The van der Waals surface area contributed by atoms with Gasteiger partial charge in [0.1, 0.15) is 0 Å². The van der Waals surface area contributed by atoms with Crippen molar-refractivity contribution < 1.29 is 14.7 Å². The predicted molar refractivity (Wildman–Crippen MR) is 152 cm³/mol. The molecule has 4 N–H and O–H groups in total. The number of primary amides is 1. The second-order valence-electron chi connectivity index (χ2n) is 10.5. The lowest BCUT2D eigenvalue weighted by Crippen LogP contribution is -2.38. The number of hydrogen-bond acceptors (Lipinski definition) is 3. The Morgan fingerprint density at radius 1 is 0.974 bits per heavy atom. The van der Waals surface area contributed by atoms with E-state index in [1.165, 1.54) is 0 Å². The molecule has 0 saturated carbocycles. The van der Waals surface area contributed by atoms with Crippen LogP contribution in [-0.2, 0) is 12.0 Å². The van der Waals surface area contributed by atoms with Crippen LogP contribution >= 0.6 is 0 Å². The number of carbonyl (C=O) groups is 2. The first-order chi connectivity index (χ1) is 18.1. The highest BCUT2D eigenvalue weighted by Crippen LogP contribution is 2.41. The summed E-state index contributed by atoms with van der Waals surface area (Å²) in [6.07, 6.45) is 0.801. The average molecular weight is 504 g/mol. The van der Waals surface area contributed by atoms with Gasteiger partial charge in [0.25, 0.3) is 11.8 Å². The van der Waals surface area contributed by atoms with Gasteiger partial charge in [-0.05, 0) is 79.3 Å². The number of nitrogens with one attached hydrogen (secondary N) is 1. The molecule has 1 aromatic heterocycles. The van der Waals surface area contributed by atoms with Gasteiger partial charge in [0.2, 0.25) is 0 Å². The number of fused-ring (bicyclic) bond motifs is 4. The SMILES string of the molecule is Cc1c(-c2ccc(C(N)=O)c3[nH]c4cc(C(C)(C)O)ccc4c23)cccc1N1CCc2ccccc2C1=O. The Morgan fingerprint density at radius 2 is 1.74 bits per heavy atom. The molecule has 6 heteroatoms. The van der Waals surface area contributed by atoms with Crippen LogP contribution in [0, 0.1) is 6.92 Å². The number of nitrogens with zero attached hydrogens (tertiary/aromatic N) is 1. The highest BCUT2D eigenvalue weighted by atomic mass is 16.3. The van der Waals surface area contributed by atoms with Gasteiger partial charge in [0.05, 0.1) is 16.7 Å². The van der Waals surface area contributed by atoms with E-state index in [2.05, 4.69) is 4.98 Å². The van der Waals surface area contributed by atoms with Gasteiger partial charge in [0.15, 0.2) is 0 Å². The van der Waals surface area contributed by atoms with Gasteiger partial charge in [-0.25, -0.2) is 0 Å². The summed E-state index contributed by atoms with van der Waals surface area (Å²) in [5, 5.41) is 12.4. The van der Waals surface area contributed by atoms with Crippen LogP contribution in [0.2, 0.25) is 0 Å². The Balaban J connectivity index is 1.56. The highest BCUT2D eigenvalue weighted by Gasteiger charge is 2.27. The van der Waals surface area contributed by atoms with Gasteiger partial charge in [-0.3, -0.25) is 9.59 Å². The number of anilines is 1. The fraction of sp³-hybridized carbons (Fsp3) is 0.188. The molecular weight excluding hydrogens is 474 g/mol. The normalized spacial score (nSPS) is 13.8. The van der Waals surface area contributed by atoms with E-state index in [4.69, 9.17) is 5.73 Å². The number of hydrogen-bond donors (Lipinski definition) is 3. The largest absolute Gasteiger partial charge is 0.386 e. The Labute approximate surface area is 220 Å². The van der Waals surface area contributed by atoms with Crippen LogP contribution in [0.15, 0.2) is 72.8 Å².